The smallest absolute Gasteiger partial charge is 0.325 e. The van der Waals surface area contributed by atoms with Gasteiger partial charge >= 0.3 is 5.97 Å². The largest absolute Gasteiger partial charge is 0.508 e. The minimum atomic E-state index is -1.18. The van der Waals surface area contributed by atoms with E-state index in [-0.39, 0.29) is 18.6 Å². The molecule has 1 aromatic heterocycles. The summed E-state index contributed by atoms with van der Waals surface area (Å²) in [6.07, 6.45) is 4.23. The maximum Gasteiger partial charge on any atom is 0.325 e. The van der Waals surface area contributed by atoms with Crippen LogP contribution in [0.2, 0.25) is 0 Å². The minimum absolute atomic E-state index is 0.0962. The Kier molecular flexibility index (Phi) is 8.42. The lowest BCUT2D eigenvalue weighted by Crippen LogP contribution is -2.57. The van der Waals surface area contributed by atoms with E-state index in [4.69, 9.17) is 10.8 Å². The Morgan fingerprint density at radius 3 is 2.54 bits per heavy atom. The van der Waals surface area contributed by atoms with Crippen LogP contribution in [-0.4, -0.2) is 79.5 Å². The van der Waals surface area contributed by atoms with Crippen molar-refractivity contribution in [1.82, 2.24) is 25.5 Å². The zero-order chi connectivity index (χ0) is 25.5. The van der Waals surface area contributed by atoms with Gasteiger partial charge in [-0.05, 0) is 43.9 Å². The fraction of sp³-hybridized carbons (Fsp3) is 0.435. The first-order chi connectivity index (χ1) is 16.7. The summed E-state index contributed by atoms with van der Waals surface area (Å²) in [5.74, 6) is -2.65. The number of rotatable bonds is 10. The molecule has 0 aliphatic carbocycles. The van der Waals surface area contributed by atoms with Crippen LogP contribution in [0.25, 0.3) is 0 Å². The Morgan fingerprint density at radius 2 is 1.91 bits per heavy atom. The second-order valence-electron chi connectivity index (χ2n) is 8.58. The van der Waals surface area contributed by atoms with Gasteiger partial charge in [-0.25, -0.2) is 4.98 Å². The van der Waals surface area contributed by atoms with Gasteiger partial charge in [-0.2, -0.15) is 0 Å². The number of carboxylic acid groups (broad SMARTS) is 1. The van der Waals surface area contributed by atoms with Crippen LogP contribution in [0.4, 0.5) is 0 Å². The molecule has 2 aromatic rings. The average molecular weight is 487 g/mol. The summed E-state index contributed by atoms with van der Waals surface area (Å²) in [6, 6.07) is 2.39. The number of hydrogen-bond acceptors (Lipinski definition) is 7. The number of nitrogens with two attached hydrogens (primary N) is 1. The lowest BCUT2D eigenvalue weighted by molar-refractivity contribution is -0.144. The highest BCUT2D eigenvalue weighted by atomic mass is 16.4. The van der Waals surface area contributed by atoms with Gasteiger partial charge in [0.05, 0.1) is 12.4 Å². The fourth-order valence-electron chi connectivity index (χ4n) is 3.95. The van der Waals surface area contributed by atoms with Crippen LogP contribution in [0.5, 0.6) is 5.75 Å². The van der Waals surface area contributed by atoms with Gasteiger partial charge in [-0.3, -0.25) is 19.2 Å². The summed E-state index contributed by atoms with van der Waals surface area (Å²) in [6.45, 7) is 1.64. The number of aliphatic carboxylic acids is 1. The molecule has 0 saturated carbocycles. The molecular weight excluding hydrogens is 456 g/mol. The number of carboxylic acids is 1. The third-order valence-corrected chi connectivity index (χ3v) is 5.89. The second-order valence-corrected chi connectivity index (χ2v) is 8.58. The van der Waals surface area contributed by atoms with Crippen LogP contribution in [-0.2, 0) is 32.0 Å². The molecule has 12 heteroatoms. The molecule has 1 aliphatic rings. The zero-order valence-corrected chi connectivity index (χ0v) is 19.3. The number of carbonyl (C=O) groups is 4. The lowest BCUT2D eigenvalue weighted by atomic mass is 10.0. The van der Waals surface area contributed by atoms with Gasteiger partial charge in [0, 0.05) is 24.9 Å². The summed E-state index contributed by atoms with van der Waals surface area (Å²) in [4.78, 5) is 58.3. The van der Waals surface area contributed by atoms with E-state index in [9.17, 15) is 24.3 Å². The molecule has 188 valence electrons. The second kappa shape index (κ2) is 11.5. The van der Waals surface area contributed by atoms with Crippen molar-refractivity contribution in [3.8, 4) is 5.75 Å². The molecule has 3 rings (SSSR count). The Balaban J connectivity index is 1.72. The molecule has 4 unspecified atom stereocenters. The van der Waals surface area contributed by atoms with Gasteiger partial charge in [-0.1, -0.05) is 12.1 Å². The van der Waals surface area contributed by atoms with Gasteiger partial charge in [-0.15, -0.1) is 0 Å². The van der Waals surface area contributed by atoms with E-state index in [1.807, 2.05) is 0 Å². The molecule has 0 bridgehead atoms. The van der Waals surface area contributed by atoms with Crippen molar-refractivity contribution in [2.24, 2.45) is 5.73 Å². The number of imidazole rings is 1. The van der Waals surface area contributed by atoms with Crippen LogP contribution in [0.1, 0.15) is 31.0 Å². The van der Waals surface area contributed by atoms with E-state index in [1.165, 1.54) is 36.5 Å². The third-order valence-electron chi connectivity index (χ3n) is 5.89. The number of amides is 3. The Labute approximate surface area is 201 Å². The molecule has 1 aromatic carbocycles. The van der Waals surface area contributed by atoms with Crippen LogP contribution in [0.3, 0.4) is 0 Å². The predicted octanol–water partition coefficient (Wildman–Crippen LogP) is -0.707. The number of hydrogen-bond donors (Lipinski definition) is 6. The van der Waals surface area contributed by atoms with Crippen molar-refractivity contribution in [3.05, 3.63) is 48.0 Å². The van der Waals surface area contributed by atoms with Crippen molar-refractivity contribution in [2.75, 3.05) is 6.54 Å². The Hall–Kier alpha value is -3.93. The number of aromatic amines is 1. The maximum absolute atomic E-state index is 13.5. The number of benzene rings is 1. The van der Waals surface area contributed by atoms with Gasteiger partial charge < -0.3 is 36.5 Å². The standard InChI is InChI=1S/C23H30N6O6/c1-13(23(34)35)27-21(32)19-3-2-8-29(19)22(33)18(10-15-11-25-12-26-15)28-20(31)17(24)9-14-4-6-16(30)7-5-14/h4-7,11-13,17-19,30H,2-3,8-10,24H2,1H3,(H,25,26)(H,27,32)(H,28,31)(H,34,35). The van der Waals surface area contributed by atoms with Gasteiger partial charge in [0.15, 0.2) is 0 Å². The molecule has 35 heavy (non-hydrogen) atoms. The molecule has 7 N–H and O–H groups in total. The number of phenolic OH excluding ortho intramolecular Hbond substituents is 1. The van der Waals surface area contributed by atoms with Crippen molar-refractivity contribution in [3.63, 3.8) is 0 Å². The topological polar surface area (TPSA) is 191 Å². The summed E-state index contributed by atoms with van der Waals surface area (Å²) >= 11 is 0. The zero-order valence-electron chi connectivity index (χ0n) is 19.3. The van der Waals surface area contributed by atoms with Crippen molar-refractivity contribution in [1.29, 1.82) is 0 Å². The Bertz CT molecular complexity index is 1040. The number of likely N-dealkylation sites (tertiary alicyclic amines) is 1. The van der Waals surface area contributed by atoms with E-state index in [0.29, 0.717) is 25.1 Å². The highest BCUT2D eigenvalue weighted by Crippen LogP contribution is 2.20. The molecule has 0 spiro atoms. The van der Waals surface area contributed by atoms with Crippen LogP contribution in [0, 0.1) is 0 Å². The molecule has 2 heterocycles. The number of aromatic nitrogens is 2. The quantitative estimate of drug-likeness (QED) is 0.254. The predicted molar refractivity (Wildman–Crippen MR) is 124 cm³/mol. The fourth-order valence-corrected chi connectivity index (χ4v) is 3.95. The number of aromatic hydroxyl groups is 1. The van der Waals surface area contributed by atoms with E-state index < -0.39 is 47.9 Å². The summed E-state index contributed by atoms with van der Waals surface area (Å²) in [5, 5.41) is 23.6. The monoisotopic (exact) mass is 486 g/mol. The van der Waals surface area contributed by atoms with Gasteiger partial charge in [0.1, 0.15) is 23.9 Å². The third kappa shape index (κ3) is 6.79. The number of nitrogens with zero attached hydrogens (tertiary/aromatic N) is 2. The molecule has 0 radical (unpaired) electrons. The number of nitrogens with one attached hydrogen (secondary N) is 3. The van der Waals surface area contributed by atoms with E-state index in [1.54, 1.807) is 12.1 Å². The molecule has 3 amide bonds. The highest BCUT2D eigenvalue weighted by Gasteiger charge is 2.38. The SMILES string of the molecule is CC(NC(=O)C1CCCN1C(=O)C(Cc1cnc[nH]1)NC(=O)C(N)Cc1ccc(O)cc1)C(=O)O. The van der Waals surface area contributed by atoms with E-state index in [2.05, 4.69) is 20.6 Å². The minimum Gasteiger partial charge on any atom is -0.508 e. The number of H-pyrrole nitrogens is 1. The Morgan fingerprint density at radius 1 is 1.20 bits per heavy atom. The molecule has 4 atom stereocenters. The van der Waals surface area contributed by atoms with E-state index in [0.717, 1.165) is 5.56 Å². The van der Waals surface area contributed by atoms with Crippen LogP contribution >= 0.6 is 0 Å². The molecular formula is C23H30N6O6. The van der Waals surface area contributed by atoms with Crippen LogP contribution < -0.4 is 16.4 Å². The normalized spacial score (nSPS) is 17.9. The summed E-state index contributed by atoms with van der Waals surface area (Å²) in [5.41, 5.74) is 7.43. The number of phenols is 1. The molecule has 12 nitrogen and oxygen atoms in total. The van der Waals surface area contributed by atoms with Crippen molar-refractivity contribution >= 4 is 23.7 Å². The van der Waals surface area contributed by atoms with Gasteiger partial charge in [0.25, 0.3) is 0 Å². The first-order valence-corrected chi connectivity index (χ1v) is 11.3. The van der Waals surface area contributed by atoms with Crippen molar-refractivity contribution in [2.45, 2.75) is 56.8 Å². The first-order valence-electron chi connectivity index (χ1n) is 11.3. The summed E-state index contributed by atoms with van der Waals surface area (Å²) in [7, 11) is 0. The van der Waals surface area contributed by atoms with Crippen molar-refractivity contribution < 1.29 is 29.4 Å². The van der Waals surface area contributed by atoms with Crippen LogP contribution in [0.15, 0.2) is 36.8 Å². The van der Waals surface area contributed by atoms with Gasteiger partial charge in [0.2, 0.25) is 17.7 Å². The molecule has 1 aliphatic heterocycles. The first kappa shape index (κ1) is 25.7. The van der Waals surface area contributed by atoms with E-state index >= 15 is 0 Å². The molecule has 1 fully saturated rings. The lowest BCUT2D eigenvalue weighted by Gasteiger charge is -2.29. The highest BCUT2D eigenvalue weighted by molar-refractivity contribution is 5.94. The molecule has 1 saturated heterocycles. The summed E-state index contributed by atoms with van der Waals surface area (Å²) < 4.78 is 0. The number of carbonyl (C=O) groups excluding carboxylic acids is 3. The average Bonchev–Trinajstić information content (AvgIpc) is 3.51. The maximum atomic E-state index is 13.5.